The number of carbonyl (C=O) groups excluding carboxylic acids is 1. The van der Waals surface area contributed by atoms with Crippen LogP contribution in [0.15, 0.2) is 30.7 Å². The molecule has 1 amide bonds. The summed E-state index contributed by atoms with van der Waals surface area (Å²) in [6.45, 7) is 0.0242. The van der Waals surface area contributed by atoms with E-state index in [-0.39, 0.29) is 24.0 Å². The van der Waals surface area contributed by atoms with Gasteiger partial charge in [0, 0.05) is 26.2 Å². The van der Waals surface area contributed by atoms with Crippen LogP contribution in [0.2, 0.25) is 5.15 Å². The summed E-state index contributed by atoms with van der Waals surface area (Å²) in [7, 11) is -1.77. The zero-order valence-corrected chi connectivity index (χ0v) is 14.2. The van der Waals surface area contributed by atoms with Gasteiger partial charge in [-0.25, -0.2) is 17.8 Å². The van der Waals surface area contributed by atoms with E-state index in [9.17, 15) is 13.2 Å². The number of hydrogen-bond donors (Lipinski definition) is 1. The van der Waals surface area contributed by atoms with Crippen LogP contribution in [-0.4, -0.2) is 48.9 Å². The summed E-state index contributed by atoms with van der Waals surface area (Å²) in [6.07, 6.45) is 5.92. The van der Waals surface area contributed by atoms with Gasteiger partial charge in [0.05, 0.1) is 24.3 Å². The van der Waals surface area contributed by atoms with Gasteiger partial charge in [0.1, 0.15) is 5.69 Å². The summed E-state index contributed by atoms with van der Waals surface area (Å²) in [5, 5.41) is 4.31. The van der Waals surface area contributed by atoms with E-state index in [2.05, 4.69) is 14.8 Å². The molecule has 2 rings (SSSR count). The summed E-state index contributed by atoms with van der Waals surface area (Å²) in [5.74, 6) is -0.284. The number of pyridine rings is 1. The van der Waals surface area contributed by atoms with Crippen molar-refractivity contribution in [3.05, 3.63) is 35.9 Å². The first-order valence-electron chi connectivity index (χ1n) is 6.64. The van der Waals surface area contributed by atoms with Gasteiger partial charge < -0.3 is 4.90 Å². The van der Waals surface area contributed by atoms with Crippen LogP contribution in [-0.2, 0) is 14.8 Å². The van der Waals surface area contributed by atoms with Crippen LogP contribution in [0.1, 0.15) is 6.42 Å². The van der Waals surface area contributed by atoms with Crippen molar-refractivity contribution in [2.45, 2.75) is 6.42 Å². The molecular formula is C13H16ClN5O3S. The van der Waals surface area contributed by atoms with E-state index in [4.69, 9.17) is 11.6 Å². The fourth-order valence-electron chi connectivity index (χ4n) is 1.84. The van der Waals surface area contributed by atoms with Gasteiger partial charge in [-0.2, -0.15) is 5.10 Å². The number of sulfonamides is 1. The van der Waals surface area contributed by atoms with E-state index < -0.39 is 10.0 Å². The molecule has 0 unspecified atom stereocenters. The Balaban J connectivity index is 2.09. The molecule has 0 bridgehead atoms. The summed E-state index contributed by atoms with van der Waals surface area (Å²) in [6, 6.07) is 3.56. The molecule has 2 aromatic heterocycles. The zero-order valence-electron chi connectivity index (χ0n) is 12.6. The fraction of sp³-hybridized carbons (Fsp3) is 0.308. The lowest BCUT2D eigenvalue weighted by Gasteiger charge is -2.15. The SMILES string of the molecule is CN(C(=O)CCNS(C)(=O)=O)c1cn(-c2cccnc2)nc1Cl. The molecule has 0 aliphatic heterocycles. The van der Waals surface area contributed by atoms with Gasteiger partial charge in [-0.05, 0) is 12.1 Å². The Morgan fingerprint density at radius 3 is 2.83 bits per heavy atom. The molecular weight excluding hydrogens is 342 g/mol. The molecule has 0 atom stereocenters. The summed E-state index contributed by atoms with van der Waals surface area (Å²) in [5.41, 5.74) is 1.14. The molecule has 0 saturated carbocycles. The van der Waals surface area contributed by atoms with Gasteiger partial charge in [0.2, 0.25) is 15.9 Å². The molecule has 1 N–H and O–H groups in total. The average molecular weight is 358 g/mol. The Bertz CT molecular complexity index is 791. The normalized spacial score (nSPS) is 11.4. The minimum atomic E-state index is -3.32. The smallest absolute Gasteiger partial charge is 0.228 e. The summed E-state index contributed by atoms with van der Waals surface area (Å²) in [4.78, 5) is 17.4. The largest absolute Gasteiger partial charge is 0.311 e. The number of nitrogens with one attached hydrogen (secondary N) is 1. The Morgan fingerprint density at radius 2 is 2.22 bits per heavy atom. The quantitative estimate of drug-likeness (QED) is 0.825. The number of halogens is 1. The number of hydrogen-bond acceptors (Lipinski definition) is 5. The molecule has 2 heterocycles. The van der Waals surface area contributed by atoms with Gasteiger partial charge in [-0.1, -0.05) is 11.6 Å². The molecule has 0 aliphatic carbocycles. The van der Waals surface area contributed by atoms with E-state index >= 15 is 0 Å². The van der Waals surface area contributed by atoms with E-state index in [0.717, 1.165) is 6.26 Å². The Labute approximate surface area is 139 Å². The summed E-state index contributed by atoms with van der Waals surface area (Å²) >= 11 is 6.08. The summed E-state index contributed by atoms with van der Waals surface area (Å²) < 4.78 is 25.8. The second kappa shape index (κ2) is 7.07. The molecule has 2 aromatic rings. The van der Waals surface area contributed by atoms with Crippen molar-refractivity contribution in [2.24, 2.45) is 0 Å². The number of rotatable bonds is 6. The molecule has 0 spiro atoms. The van der Waals surface area contributed by atoms with E-state index in [1.807, 2.05) is 0 Å². The Kier molecular flexibility index (Phi) is 5.34. The molecule has 0 aromatic carbocycles. The lowest BCUT2D eigenvalue weighted by atomic mass is 10.3. The van der Waals surface area contributed by atoms with Crippen molar-refractivity contribution in [3.63, 3.8) is 0 Å². The number of amides is 1. The van der Waals surface area contributed by atoms with Crippen LogP contribution in [0.3, 0.4) is 0 Å². The van der Waals surface area contributed by atoms with Gasteiger partial charge in [-0.3, -0.25) is 9.78 Å². The molecule has 10 heteroatoms. The second-order valence-corrected chi connectivity index (χ2v) is 7.02. The van der Waals surface area contributed by atoms with Gasteiger partial charge in [0.25, 0.3) is 0 Å². The van der Waals surface area contributed by atoms with E-state index in [1.54, 1.807) is 37.8 Å². The van der Waals surface area contributed by atoms with Crippen LogP contribution < -0.4 is 9.62 Å². The van der Waals surface area contributed by atoms with E-state index in [1.165, 1.54) is 9.58 Å². The maximum absolute atomic E-state index is 12.1. The first-order chi connectivity index (χ1) is 10.8. The molecule has 124 valence electrons. The maximum atomic E-state index is 12.1. The van der Waals surface area contributed by atoms with Crippen LogP contribution in [0, 0.1) is 0 Å². The third-order valence-corrected chi connectivity index (χ3v) is 4.00. The van der Waals surface area contributed by atoms with Gasteiger partial charge >= 0.3 is 0 Å². The minimum Gasteiger partial charge on any atom is -0.311 e. The predicted octanol–water partition coefficient (Wildman–Crippen LogP) is 0.823. The topological polar surface area (TPSA) is 97.2 Å². The van der Waals surface area contributed by atoms with Crippen LogP contribution in [0.25, 0.3) is 5.69 Å². The van der Waals surface area contributed by atoms with Crippen LogP contribution >= 0.6 is 11.6 Å². The molecule has 0 fully saturated rings. The van der Waals surface area contributed by atoms with Crippen molar-refractivity contribution in [2.75, 3.05) is 24.7 Å². The van der Waals surface area contributed by atoms with Crippen molar-refractivity contribution in [3.8, 4) is 5.69 Å². The third kappa shape index (κ3) is 4.75. The minimum absolute atomic E-state index is 0.0119. The van der Waals surface area contributed by atoms with Crippen molar-refractivity contribution < 1.29 is 13.2 Å². The van der Waals surface area contributed by atoms with Crippen molar-refractivity contribution in [1.82, 2.24) is 19.5 Å². The van der Waals surface area contributed by atoms with Crippen molar-refractivity contribution in [1.29, 1.82) is 0 Å². The highest BCUT2D eigenvalue weighted by Crippen LogP contribution is 2.25. The zero-order chi connectivity index (χ0) is 17.0. The van der Waals surface area contributed by atoms with Gasteiger partial charge in [0.15, 0.2) is 5.15 Å². The molecule has 23 heavy (non-hydrogen) atoms. The molecule has 0 aliphatic rings. The number of nitrogens with zero attached hydrogens (tertiary/aromatic N) is 4. The fourth-order valence-corrected chi connectivity index (χ4v) is 2.57. The van der Waals surface area contributed by atoms with E-state index in [0.29, 0.717) is 11.4 Å². The highest BCUT2D eigenvalue weighted by atomic mass is 35.5. The third-order valence-electron chi connectivity index (χ3n) is 3.00. The second-order valence-electron chi connectivity index (χ2n) is 4.83. The maximum Gasteiger partial charge on any atom is 0.228 e. The molecule has 0 radical (unpaired) electrons. The number of carbonyl (C=O) groups is 1. The lowest BCUT2D eigenvalue weighted by molar-refractivity contribution is -0.118. The monoisotopic (exact) mass is 357 g/mol. The Morgan fingerprint density at radius 1 is 1.48 bits per heavy atom. The number of aromatic nitrogens is 3. The molecule has 8 nitrogen and oxygen atoms in total. The standard InChI is InChI=1S/C13H16ClN5O3S/c1-18(12(20)5-7-16-23(2,21)22)11-9-19(17-13(11)14)10-4-3-6-15-8-10/h3-4,6,8-9,16H,5,7H2,1-2H3. The number of anilines is 1. The van der Waals surface area contributed by atoms with Crippen molar-refractivity contribution >= 4 is 33.2 Å². The molecule has 0 saturated heterocycles. The van der Waals surface area contributed by atoms with Crippen LogP contribution in [0.5, 0.6) is 0 Å². The highest BCUT2D eigenvalue weighted by Gasteiger charge is 2.18. The lowest BCUT2D eigenvalue weighted by Crippen LogP contribution is -2.31. The Hall–Kier alpha value is -1.97. The first kappa shape index (κ1) is 17.4. The predicted molar refractivity (Wildman–Crippen MR) is 87.2 cm³/mol. The highest BCUT2D eigenvalue weighted by molar-refractivity contribution is 7.88. The van der Waals surface area contributed by atoms with Gasteiger partial charge in [-0.15, -0.1) is 0 Å². The van der Waals surface area contributed by atoms with Crippen LogP contribution in [0.4, 0.5) is 5.69 Å². The average Bonchev–Trinajstić information content (AvgIpc) is 2.88. The first-order valence-corrected chi connectivity index (χ1v) is 8.91.